The van der Waals surface area contributed by atoms with E-state index in [9.17, 15) is 15.0 Å². The summed E-state index contributed by atoms with van der Waals surface area (Å²) in [5, 5.41) is 38.7. The Morgan fingerprint density at radius 1 is 1.31 bits per heavy atom. The Morgan fingerprint density at radius 2 is 1.88 bits per heavy atom. The summed E-state index contributed by atoms with van der Waals surface area (Å²) < 4.78 is 0. The van der Waals surface area contributed by atoms with Gasteiger partial charge in [-0.15, -0.1) is 0 Å². The zero-order valence-corrected chi connectivity index (χ0v) is 8.67. The number of hydrogen-bond acceptors (Lipinski definition) is 6. The summed E-state index contributed by atoms with van der Waals surface area (Å²) in [6.07, 6.45) is 2.86. The van der Waals surface area contributed by atoms with E-state index in [4.69, 9.17) is 10.2 Å². The Labute approximate surface area is 92.7 Å². The van der Waals surface area contributed by atoms with E-state index >= 15 is 0 Å². The molecule has 0 saturated carbocycles. The highest BCUT2D eigenvalue weighted by Gasteiger charge is 2.24. The SMILES string of the molecule is O=C1C=CC([O-])(O)C(N(CCO)CCO)=C1. The van der Waals surface area contributed by atoms with Gasteiger partial charge in [0.1, 0.15) is 0 Å². The number of rotatable bonds is 5. The lowest BCUT2D eigenvalue weighted by Crippen LogP contribution is -2.52. The normalized spacial score (nSPS) is 24.5. The van der Waals surface area contributed by atoms with Crippen LogP contribution in [-0.4, -0.2) is 58.1 Å². The summed E-state index contributed by atoms with van der Waals surface area (Å²) in [5.74, 6) is -2.89. The Bertz CT molecular complexity index is 315. The minimum atomic E-state index is -2.49. The molecule has 0 radical (unpaired) electrons. The van der Waals surface area contributed by atoms with E-state index in [2.05, 4.69) is 0 Å². The lowest BCUT2D eigenvalue weighted by Gasteiger charge is -2.42. The first kappa shape index (κ1) is 12.9. The molecule has 0 fully saturated rings. The lowest BCUT2D eigenvalue weighted by atomic mass is 10.0. The molecular formula is C10H14NO5-. The molecule has 0 aromatic carbocycles. The molecule has 1 aliphatic carbocycles. The molecule has 6 heteroatoms. The van der Waals surface area contributed by atoms with Crippen LogP contribution in [-0.2, 0) is 4.79 Å². The Kier molecular flexibility index (Phi) is 4.19. The van der Waals surface area contributed by atoms with Crippen molar-refractivity contribution in [2.45, 2.75) is 5.79 Å². The third-order valence-electron chi connectivity index (χ3n) is 2.20. The van der Waals surface area contributed by atoms with Gasteiger partial charge in [0.05, 0.1) is 19.0 Å². The molecule has 1 aliphatic rings. The number of carbonyl (C=O) groups excluding carboxylic acids is 1. The van der Waals surface area contributed by atoms with Crippen molar-refractivity contribution in [2.24, 2.45) is 0 Å². The summed E-state index contributed by atoms with van der Waals surface area (Å²) >= 11 is 0. The number of aliphatic hydroxyl groups is 3. The van der Waals surface area contributed by atoms with E-state index in [1.54, 1.807) is 0 Å². The monoisotopic (exact) mass is 228 g/mol. The molecule has 0 aliphatic heterocycles. The van der Waals surface area contributed by atoms with Crippen LogP contribution in [0.4, 0.5) is 0 Å². The Morgan fingerprint density at radius 3 is 2.38 bits per heavy atom. The van der Waals surface area contributed by atoms with Crippen molar-refractivity contribution >= 4 is 5.78 Å². The van der Waals surface area contributed by atoms with Crippen molar-refractivity contribution in [1.82, 2.24) is 4.90 Å². The fraction of sp³-hybridized carbons (Fsp3) is 0.500. The van der Waals surface area contributed by atoms with Crippen LogP contribution < -0.4 is 5.11 Å². The molecule has 0 heterocycles. The maximum Gasteiger partial charge on any atom is 0.180 e. The number of ketones is 1. The molecule has 0 aromatic rings. The van der Waals surface area contributed by atoms with E-state index in [0.717, 1.165) is 18.2 Å². The van der Waals surface area contributed by atoms with Gasteiger partial charge in [0, 0.05) is 24.9 Å². The average Bonchev–Trinajstić information content (AvgIpc) is 2.22. The van der Waals surface area contributed by atoms with Crippen LogP contribution in [0.3, 0.4) is 0 Å². The van der Waals surface area contributed by atoms with Crippen LogP contribution in [0.2, 0.25) is 0 Å². The minimum Gasteiger partial charge on any atom is -0.821 e. The van der Waals surface area contributed by atoms with E-state index < -0.39 is 11.6 Å². The molecule has 1 atom stereocenters. The zero-order valence-electron chi connectivity index (χ0n) is 8.67. The van der Waals surface area contributed by atoms with Gasteiger partial charge >= 0.3 is 0 Å². The minimum absolute atomic E-state index is 0.0675. The number of allylic oxidation sites excluding steroid dienone is 2. The predicted octanol–water partition coefficient (Wildman–Crippen LogP) is -2.66. The van der Waals surface area contributed by atoms with Gasteiger partial charge in [-0.25, -0.2) is 0 Å². The van der Waals surface area contributed by atoms with Crippen LogP contribution in [0.15, 0.2) is 23.9 Å². The van der Waals surface area contributed by atoms with Crippen LogP contribution >= 0.6 is 0 Å². The van der Waals surface area contributed by atoms with Crippen molar-refractivity contribution in [1.29, 1.82) is 0 Å². The topological polar surface area (TPSA) is 104 Å². The summed E-state index contributed by atoms with van der Waals surface area (Å²) in [6.45, 7) is -0.354. The fourth-order valence-electron chi connectivity index (χ4n) is 1.48. The van der Waals surface area contributed by atoms with Gasteiger partial charge < -0.3 is 25.3 Å². The molecule has 0 spiro atoms. The summed E-state index contributed by atoms with van der Waals surface area (Å²) in [4.78, 5) is 12.4. The highest BCUT2D eigenvalue weighted by Crippen LogP contribution is 2.20. The van der Waals surface area contributed by atoms with E-state index in [0.29, 0.717) is 0 Å². The summed E-state index contributed by atoms with van der Waals surface area (Å²) in [7, 11) is 0. The fourth-order valence-corrected chi connectivity index (χ4v) is 1.48. The van der Waals surface area contributed by atoms with E-state index in [-0.39, 0.29) is 32.0 Å². The maximum absolute atomic E-state index is 11.6. The largest absolute Gasteiger partial charge is 0.821 e. The van der Waals surface area contributed by atoms with Gasteiger partial charge in [0.25, 0.3) is 0 Å². The van der Waals surface area contributed by atoms with Crippen LogP contribution in [0.1, 0.15) is 0 Å². The number of aliphatic hydroxyl groups excluding tert-OH is 2. The van der Waals surface area contributed by atoms with Gasteiger partial charge in [-0.05, 0) is 6.08 Å². The maximum atomic E-state index is 11.6. The molecule has 3 N–H and O–H groups in total. The second-order valence-electron chi connectivity index (χ2n) is 3.40. The van der Waals surface area contributed by atoms with Crippen LogP contribution in [0, 0.1) is 0 Å². The highest BCUT2D eigenvalue weighted by atomic mass is 16.5. The first-order valence-corrected chi connectivity index (χ1v) is 4.86. The molecule has 16 heavy (non-hydrogen) atoms. The smallest absolute Gasteiger partial charge is 0.180 e. The molecular weight excluding hydrogens is 214 g/mol. The van der Waals surface area contributed by atoms with Gasteiger partial charge in [0.2, 0.25) is 0 Å². The molecule has 1 unspecified atom stereocenters. The lowest BCUT2D eigenvalue weighted by molar-refractivity contribution is -0.515. The molecule has 6 nitrogen and oxygen atoms in total. The second kappa shape index (κ2) is 5.22. The predicted molar refractivity (Wildman–Crippen MR) is 52.9 cm³/mol. The molecule has 0 saturated heterocycles. The van der Waals surface area contributed by atoms with Crippen molar-refractivity contribution < 1.29 is 25.2 Å². The summed E-state index contributed by atoms with van der Waals surface area (Å²) in [6, 6.07) is 0. The van der Waals surface area contributed by atoms with Gasteiger partial charge in [-0.3, -0.25) is 4.79 Å². The van der Waals surface area contributed by atoms with Crippen LogP contribution in [0.25, 0.3) is 0 Å². The first-order valence-electron chi connectivity index (χ1n) is 4.86. The van der Waals surface area contributed by atoms with E-state index in [1.807, 2.05) is 0 Å². The third kappa shape index (κ3) is 2.89. The van der Waals surface area contributed by atoms with Gasteiger partial charge in [-0.1, -0.05) is 6.08 Å². The number of nitrogens with zero attached hydrogens (tertiary/aromatic N) is 1. The zero-order chi connectivity index (χ0) is 12.2. The van der Waals surface area contributed by atoms with Crippen molar-refractivity contribution in [2.75, 3.05) is 26.3 Å². The molecule has 90 valence electrons. The first-order chi connectivity index (χ1) is 7.51. The average molecular weight is 228 g/mol. The molecule has 1 rings (SSSR count). The van der Waals surface area contributed by atoms with Gasteiger partial charge in [0.15, 0.2) is 5.78 Å². The summed E-state index contributed by atoms with van der Waals surface area (Å²) in [5.41, 5.74) is -0.150. The molecule has 0 aromatic heterocycles. The van der Waals surface area contributed by atoms with Crippen molar-refractivity contribution in [3.05, 3.63) is 23.9 Å². The molecule has 0 amide bonds. The Hall–Kier alpha value is -1.21. The second-order valence-corrected chi connectivity index (χ2v) is 3.40. The third-order valence-corrected chi connectivity index (χ3v) is 2.20. The van der Waals surface area contributed by atoms with E-state index in [1.165, 1.54) is 4.90 Å². The molecule has 0 bridgehead atoms. The van der Waals surface area contributed by atoms with Gasteiger partial charge in [-0.2, -0.15) is 0 Å². The number of carbonyl (C=O) groups is 1. The van der Waals surface area contributed by atoms with Crippen molar-refractivity contribution in [3.8, 4) is 0 Å². The quantitative estimate of drug-likeness (QED) is 0.444. The van der Waals surface area contributed by atoms with Crippen LogP contribution in [0.5, 0.6) is 0 Å². The Balaban J connectivity index is 2.92. The highest BCUT2D eigenvalue weighted by molar-refractivity contribution is 6.01. The van der Waals surface area contributed by atoms with Crippen molar-refractivity contribution in [3.63, 3.8) is 0 Å². The number of hydrogen-bond donors (Lipinski definition) is 3. The standard InChI is InChI=1S/C10H14NO5/c12-5-3-11(4-6-13)9-7-8(14)1-2-10(9,15)16/h1-2,7,12-13,15H,3-6H2/q-1.